The molecule has 0 saturated carbocycles. The van der Waals surface area contributed by atoms with E-state index in [2.05, 4.69) is 9.97 Å². The normalized spacial score (nSPS) is 12.8. The Bertz CT molecular complexity index is 865. The van der Waals surface area contributed by atoms with Gasteiger partial charge in [0.1, 0.15) is 11.8 Å². The van der Waals surface area contributed by atoms with Gasteiger partial charge in [-0.1, -0.05) is 0 Å². The molecule has 0 amide bonds. The molecule has 3 aromatic rings. The van der Waals surface area contributed by atoms with Gasteiger partial charge in [0.05, 0.1) is 24.3 Å². The Morgan fingerprint density at radius 1 is 1.48 bits per heavy atom. The highest BCUT2D eigenvalue weighted by Crippen LogP contribution is 2.28. The fourth-order valence-corrected chi connectivity index (χ4v) is 2.71. The Hall–Kier alpha value is -2.15. The molecule has 1 atom stereocenters. The third kappa shape index (κ3) is 2.23. The van der Waals surface area contributed by atoms with Crippen LogP contribution in [0.2, 0.25) is 0 Å². The van der Waals surface area contributed by atoms with E-state index in [-0.39, 0.29) is 11.8 Å². The zero-order valence-corrected chi connectivity index (χ0v) is 12.6. The molecule has 2 heterocycles. The molecule has 3 rings (SSSR count). The maximum atomic E-state index is 13.8. The number of nitrogens with one attached hydrogen (secondary N) is 1. The van der Waals surface area contributed by atoms with Crippen LogP contribution in [0.25, 0.3) is 11.0 Å². The largest absolute Gasteiger partial charge is 0.494 e. The summed E-state index contributed by atoms with van der Waals surface area (Å²) in [6.45, 7) is 3.75. The average Bonchev–Trinajstić information content (AvgIpc) is 3.00. The Labute approximate surface area is 125 Å². The molecule has 1 unspecified atom stereocenters. The van der Waals surface area contributed by atoms with Crippen LogP contribution in [0, 0.1) is 17.5 Å². The lowest BCUT2D eigenvalue weighted by molar-refractivity contribution is 0.386. The summed E-state index contributed by atoms with van der Waals surface area (Å²) in [7, 11) is 1.43. The van der Waals surface area contributed by atoms with Crippen molar-refractivity contribution in [2.45, 2.75) is 19.9 Å². The monoisotopic (exact) mass is 307 g/mol. The number of benzene rings is 1. The molecular weight excluding hydrogens is 293 g/mol. The number of aromatic nitrogens is 3. The van der Waals surface area contributed by atoms with Crippen LogP contribution in [0.4, 0.5) is 4.39 Å². The van der Waals surface area contributed by atoms with Crippen LogP contribution >= 0.6 is 12.2 Å². The maximum absolute atomic E-state index is 13.8. The molecule has 0 aliphatic heterocycles. The number of imidazole rings is 1. The molecule has 0 aliphatic rings. The molecule has 0 saturated heterocycles. The number of halogens is 1. The molecule has 0 bridgehead atoms. The molecule has 7 heteroatoms. The second-order valence-electron chi connectivity index (χ2n) is 4.79. The zero-order chi connectivity index (χ0) is 15.1. The van der Waals surface area contributed by atoms with Crippen molar-refractivity contribution in [1.82, 2.24) is 14.5 Å². The summed E-state index contributed by atoms with van der Waals surface area (Å²) >= 11 is 5.33. The lowest BCUT2D eigenvalue weighted by Crippen LogP contribution is -2.07. The summed E-state index contributed by atoms with van der Waals surface area (Å²) in [6, 6.07) is 2.77. The number of rotatable bonds is 3. The van der Waals surface area contributed by atoms with Crippen molar-refractivity contribution >= 4 is 23.3 Å². The van der Waals surface area contributed by atoms with Gasteiger partial charge < -0.3 is 18.7 Å². The van der Waals surface area contributed by atoms with Gasteiger partial charge in [0.15, 0.2) is 16.3 Å². The SMILES string of the molecule is COc1cc2c(cc1F)[nH]c(=S)n2C(C)c1ncc(C)o1. The quantitative estimate of drug-likeness (QED) is 0.749. The number of H-pyrrole nitrogens is 1. The van der Waals surface area contributed by atoms with Gasteiger partial charge in [0, 0.05) is 12.1 Å². The summed E-state index contributed by atoms with van der Waals surface area (Å²) < 4.78 is 26.7. The Morgan fingerprint density at radius 3 is 2.86 bits per heavy atom. The van der Waals surface area contributed by atoms with Crippen molar-refractivity contribution in [2.24, 2.45) is 0 Å². The molecular formula is C14H14FN3O2S. The van der Waals surface area contributed by atoms with Crippen LogP contribution in [0.15, 0.2) is 22.7 Å². The minimum atomic E-state index is -0.437. The van der Waals surface area contributed by atoms with E-state index in [0.717, 1.165) is 11.3 Å². The number of fused-ring (bicyclic) bond motifs is 1. The Kier molecular flexibility index (Phi) is 3.29. The van der Waals surface area contributed by atoms with Crippen LogP contribution in [0.3, 0.4) is 0 Å². The molecule has 0 aliphatic carbocycles. The van der Waals surface area contributed by atoms with Gasteiger partial charge in [0.2, 0.25) is 5.89 Å². The first-order valence-corrected chi connectivity index (χ1v) is 6.82. The molecule has 0 radical (unpaired) electrons. The van der Waals surface area contributed by atoms with Crippen molar-refractivity contribution in [3.63, 3.8) is 0 Å². The fraction of sp³-hybridized carbons (Fsp3) is 0.286. The average molecular weight is 307 g/mol. The first kappa shape index (κ1) is 13.8. The van der Waals surface area contributed by atoms with Crippen LogP contribution in [0.5, 0.6) is 5.75 Å². The van der Waals surface area contributed by atoms with Gasteiger partial charge in [-0.25, -0.2) is 9.37 Å². The molecule has 1 N–H and O–H groups in total. The van der Waals surface area contributed by atoms with E-state index >= 15 is 0 Å². The number of aromatic amines is 1. The molecule has 0 spiro atoms. The van der Waals surface area contributed by atoms with Crippen molar-refractivity contribution in [1.29, 1.82) is 0 Å². The number of ether oxygens (including phenoxy) is 1. The first-order chi connectivity index (χ1) is 10.0. The van der Waals surface area contributed by atoms with Crippen molar-refractivity contribution in [3.05, 3.63) is 40.6 Å². The number of hydrogen-bond acceptors (Lipinski definition) is 4. The number of oxazole rings is 1. The predicted octanol–water partition coefficient (Wildman–Crippen LogP) is 3.75. The van der Waals surface area contributed by atoms with E-state index in [1.54, 1.807) is 12.3 Å². The summed E-state index contributed by atoms with van der Waals surface area (Å²) in [4.78, 5) is 7.22. The van der Waals surface area contributed by atoms with Crippen LogP contribution in [-0.2, 0) is 0 Å². The lowest BCUT2D eigenvalue weighted by atomic mass is 10.2. The minimum absolute atomic E-state index is 0.168. The van der Waals surface area contributed by atoms with Crippen molar-refractivity contribution < 1.29 is 13.5 Å². The first-order valence-electron chi connectivity index (χ1n) is 6.41. The second kappa shape index (κ2) is 5.00. The van der Waals surface area contributed by atoms with Gasteiger partial charge in [-0.2, -0.15) is 0 Å². The van der Waals surface area contributed by atoms with Crippen LogP contribution < -0.4 is 4.74 Å². The highest BCUT2D eigenvalue weighted by atomic mass is 32.1. The number of methoxy groups -OCH3 is 1. The van der Waals surface area contributed by atoms with Gasteiger partial charge in [-0.3, -0.25) is 0 Å². The Balaban J connectivity index is 2.22. The standard InChI is InChI=1S/C14H14FN3O2S/c1-7-6-16-13(20-7)8(2)18-11-5-12(19-3)9(15)4-10(11)17-14(18)21/h4-6,8H,1-3H3,(H,17,21). The van der Waals surface area contributed by atoms with E-state index in [1.807, 2.05) is 18.4 Å². The smallest absolute Gasteiger partial charge is 0.217 e. The van der Waals surface area contributed by atoms with E-state index in [1.165, 1.54) is 13.2 Å². The maximum Gasteiger partial charge on any atom is 0.217 e. The molecule has 5 nitrogen and oxygen atoms in total. The number of aryl methyl sites for hydroxylation is 1. The summed E-state index contributed by atoms with van der Waals surface area (Å²) in [5, 5.41) is 0. The topological polar surface area (TPSA) is 56.0 Å². The lowest BCUT2D eigenvalue weighted by Gasteiger charge is -2.11. The third-order valence-corrected chi connectivity index (χ3v) is 3.67. The summed E-state index contributed by atoms with van der Waals surface area (Å²) in [6.07, 6.45) is 1.66. The molecule has 0 fully saturated rings. The van der Waals surface area contributed by atoms with Crippen molar-refractivity contribution in [2.75, 3.05) is 7.11 Å². The zero-order valence-electron chi connectivity index (χ0n) is 11.8. The Morgan fingerprint density at radius 2 is 2.24 bits per heavy atom. The van der Waals surface area contributed by atoms with E-state index in [0.29, 0.717) is 16.2 Å². The molecule has 21 heavy (non-hydrogen) atoms. The number of nitrogens with zero attached hydrogens (tertiary/aromatic N) is 2. The van der Waals surface area contributed by atoms with E-state index in [9.17, 15) is 4.39 Å². The van der Waals surface area contributed by atoms with Crippen LogP contribution in [0.1, 0.15) is 24.6 Å². The minimum Gasteiger partial charge on any atom is -0.494 e. The van der Waals surface area contributed by atoms with Gasteiger partial charge in [-0.05, 0) is 26.1 Å². The summed E-state index contributed by atoms with van der Waals surface area (Å²) in [5.74, 6) is 1.01. The number of hydrogen-bond donors (Lipinski definition) is 1. The fourth-order valence-electron chi connectivity index (χ4n) is 2.34. The molecule has 1 aromatic carbocycles. The van der Waals surface area contributed by atoms with Crippen molar-refractivity contribution in [3.8, 4) is 5.75 Å². The van der Waals surface area contributed by atoms with E-state index < -0.39 is 5.82 Å². The van der Waals surface area contributed by atoms with Gasteiger partial charge in [-0.15, -0.1) is 0 Å². The van der Waals surface area contributed by atoms with E-state index in [4.69, 9.17) is 21.4 Å². The molecule has 110 valence electrons. The predicted molar refractivity (Wildman–Crippen MR) is 78.7 cm³/mol. The van der Waals surface area contributed by atoms with Crippen LogP contribution in [-0.4, -0.2) is 21.6 Å². The van der Waals surface area contributed by atoms with Gasteiger partial charge >= 0.3 is 0 Å². The highest BCUT2D eigenvalue weighted by molar-refractivity contribution is 7.71. The van der Waals surface area contributed by atoms with Gasteiger partial charge in [0.25, 0.3) is 0 Å². The molecule has 2 aromatic heterocycles. The second-order valence-corrected chi connectivity index (χ2v) is 5.18. The summed E-state index contributed by atoms with van der Waals surface area (Å²) in [5.41, 5.74) is 1.34. The third-order valence-electron chi connectivity index (χ3n) is 3.37. The highest BCUT2D eigenvalue weighted by Gasteiger charge is 2.19.